The molecule has 0 amide bonds. The molecule has 0 aliphatic carbocycles. The van der Waals surface area contributed by atoms with Gasteiger partial charge in [-0.25, -0.2) is 4.39 Å². The van der Waals surface area contributed by atoms with E-state index in [1.54, 1.807) is 13.8 Å². The van der Waals surface area contributed by atoms with Crippen molar-refractivity contribution in [3.63, 3.8) is 0 Å². The Morgan fingerprint density at radius 2 is 1.82 bits per heavy atom. The predicted molar refractivity (Wildman–Crippen MR) is 52.9 cm³/mol. The van der Waals surface area contributed by atoms with Crippen molar-refractivity contribution >= 4 is 0 Å². The number of hydrogen-bond donors (Lipinski definition) is 1. The second kappa shape index (κ2) is 4.91. The maximum Gasteiger partial charge on any atom is 0.573 e. The lowest BCUT2D eigenvalue weighted by molar-refractivity contribution is -0.275. The molecule has 1 N–H and O–H groups in total. The fourth-order valence-corrected chi connectivity index (χ4v) is 1.29. The van der Waals surface area contributed by atoms with Gasteiger partial charge in [-0.15, -0.1) is 13.2 Å². The fourth-order valence-electron chi connectivity index (χ4n) is 1.29. The van der Waals surface area contributed by atoms with E-state index >= 15 is 0 Å². The Hall–Kier alpha value is -1.30. The summed E-state index contributed by atoms with van der Waals surface area (Å²) in [4.78, 5) is 0. The molecule has 6 heteroatoms. The van der Waals surface area contributed by atoms with E-state index in [9.17, 15) is 22.7 Å². The smallest absolute Gasteiger partial charge is 0.403 e. The number of ether oxygens (including phenoxy) is 1. The highest BCUT2D eigenvalue weighted by Crippen LogP contribution is 2.29. The molecule has 0 saturated heterocycles. The van der Waals surface area contributed by atoms with Gasteiger partial charge in [0.15, 0.2) is 11.6 Å². The Morgan fingerprint density at radius 3 is 2.24 bits per heavy atom. The average Bonchev–Trinajstić information content (AvgIpc) is 2.18. The molecule has 0 heterocycles. The summed E-state index contributed by atoms with van der Waals surface area (Å²) in [6.45, 7) is 3.42. The number of benzene rings is 1. The minimum atomic E-state index is -4.93. The summed E-state index contributed by atoms with van der Waals surface area (Å²) in [5, 5.41) is 9.62. The molecule has 0 aliphatic rings. The highest BCUT2D eigenvalue weighted by molar-refractivity contribution is 5.30. The van der Waals surface area contributed by atoms with Gasteiger partial charge in [0.25, 0.3) is 0 Å². The van der Waals surface area contributed by atoms with Crippen molar-refractivity contribution in [2.24, 2.45) is 5.92 Å². The summed E-state index contributed by atoms with van der Waals surface area (Å²) >= 11 is 0. The molecule has 0 aliphatic heterocycles. The molecule has 0 radical (unpaired) electrons. The van der Waals surface area contributed by atoms with E-state index in [0.29, 0.717) is 0 Å². The molecule has 96 valence electrons. The van der Waals surface area contributed by atoms with Gasteiger partial charge in [-0.05, 0) is 23.6 Å². The summed E-state index contributed by atoms with van der Waals surface area (Å²) in [5.41, 5.74) is 0.215. The van der Waals surface area contributed by atoms with E-state index in [1.807, 2.05) is 0 Å². The molecule has 1 aromatic rings. The molecular formula is C11H12F4O2. The maximum atomic E-state index is 13.3. The zero-order chi connectivity index (χ0) is 13.2. The zero-order valence-electron chi connectivity index (χ0n) is 9.25. The first-order chi connectivity index (χ1) is 7.70. The maximum absolute atomic E-state index is 13.3. The van der Waals surface area contributed by atoms with Gasteiger partial charge in [0.1, 0.15) is 0 Å². The molecule has 0 saturated carbocycles. The summed E-state index contributed by atoms with van der Waals surface area (Å²) in [5.74, 6) is -2.22. The van der Waals surface area contributed by atoms with Gasteiger partial charge < -0.3 is 9.84 Å². The van der Waals surface area contributed by atoms with Crippen LogP contribution in [0.4, 0.5) is 17.6 Å². The molecule has 2 nitrogen and oxygen atoms in total. The van der Waals surface area contributed by atoms with Crippen LogP contribution in [0.1, 0.15) is 25.5 Å². The third-order valence-corrected chi connectivity index (χ3v) is 2.15. The normalized spacial score (nSPS) is 13.9. The second-order valence-corrected chi connectivity index (χ2v) is 3.93. The lowest BCUT2D eigenvalue weighted by Gasteiger charge is -2.16. The molecule has 1 unspecified atom stereocenters. The van der Waals surface area contributed by atoms with Gasteiger partial charge in [-0.2, -0.15) is 0 Å². The summed E-state index contributed by atoms with van der Waals surface area (Å²) in [6, 6.07) is 2.89. The molecular weight excluding hydrogens is 240 g/mol. The van der Waals surface area contributed by atoms with E-state index in [0.717, 1.165) is 12.1 Å². The predicted octanol–water partition coefficient (Wildman–Crippen LogP) is 3.41. The Kier molecular flexibility index (Phi) is 3.98. The Labute approximate surface area is 95.8 Å². The number of rotatable bonds is 3. The molecule has 1 atom stereocenters. The highest BCUT2D eigenvalue weighted by Gasteiger charge is 2.32. The Bertz CT molecular complexity index is 388. The largest absolute Gasteiger partial charge is 0.573 e. The van der Waals surface area contributed by atoms with Crippen LogP contribution >= 0.6 is 0 Å². The van der Waals surface area contributed by atoms with Crippen LogP contribution in [0.15, 0.2) is 18.2 Å². The zero-order valence-corrected chi connectivity index (χ0v) is 9.25. The van der Waals surface area contributed by atoms with Gasteiger partial charge in [0, 0.05) is 0 Å². The van der Waals surface area contributed by atoms with Crippen LogP contribution < -0.4 is 4.74 Å². The lowest BCUT2D eigenvalue weighted by atomic mass is 9.99. The number of halogens is 4. The van der Waals surface area contributed by atoms with E-state index < -0.39 is 24.0 Å². The number of hydrogen-bond acceptors (Lipinski definition) is 2. The molecule has 0 fully saturated rings. The monoisotopic (exact) mass is 252 g/mol. The van der Waals surface area contributed by atoms with Gasteiger partial charge in [-0.1, -0.05) is 19.9 Å². The summed E-state index contributed by atoms with van der Waals surface area (Å²) in [6.07, 6.45) is -5.86. The molecule has 1 aromatic carbocycles. The first-order valence-electron chi connectivity index (χ1n) is 4.94. The van der Waals surface area contributed by atoms with Gasteiger partial charge in [-0.3, -0.25) is 0 Å². The Morgan fingerprint density at radius 1 is 1.24 bits per heavy atom. The van der Waals surface area contributed by atoms with Crippen molar-refractivity contribution in [1.29, 1.82) is 0 Å². The first-order valence-corrected chi connectivity index (χ1v) is 4.94. The number of alkyl halides is 3. The average molecular weight is 252 g/mol. The van der Waals surface area contributed by atoms with Gasteiger partial charge >= 0.3 is 6.36 Å². The minimum absolute atomic E-state index is 0.163. The summed E-state index contributed by atoms with van der Waals surface area (Å²) < 4.78 is 52.4. The standard InChI is InChI=1S/C11H12F4O2/c1-6(2)10(16)7-3-4-9(8(12)5-7)17-11(13,14)15/h3-6,10,16H,1-2H3. The number of aliphatic hydroxyl groups is 1. The van der Waals surface area contributed by atoms with E-state index in [4.69, 9.17) is 0 Å². The topological polar surface area (TPSA) is 29.5 Å². The molecule has 0 aromatic heterocycles. The van der Waals surface area contributed by atoms with Crippen LogP contribution in [0, 0.1) is 11.7 Å². The van der Waals surface area contributed by atoms with Crippen LogP contribution in [0.3, 0.4) is 0 Å². The quantitative estimate of drug-likeness (QED) is 0.835. The fraction of sp³-hybridized carbons (Fsp3) is 0.455. The lowest BCUT2D eigenvalue weighted by Crippen LogP contribution is -2.18. The van der Waals surface area contributed by atoms with Crippen molar-refractivity contribution < 1.29 is 27.4 Å². The van der Waals surface area contributed by atoms with Crippen LogP contribution in [0.25, 0.3) is 0 Å². The van der Waals surface area contributed by atoms with Crippen molar-refractivity contribution in [3.8, 4) is 5.75 Å². The van der Waals surface area contributed by atoms with Crippen LogP contribution in [0.2, 0.25) is 0 Å². The van der Waals surface area contributed by atoms with Crippen molar-refractivity contribution in [1.82, 2.24) is 0 Å². The van der Waals surface area contributed by atoms with Gasteiger partial charge in [0.2, 0.25) is 0 Å². The van der Waals surface area contributed by atoms with Crippen molar-refractivity contribution in [3.05, 3.63) is 29.6 Å². The van der Waals surface area contributed by atoms with Gasteiger partial charge in [0.05, 0.1) is 6.10 Å². The first kappa shape index (κ1) is 13.8. The minimum Gasteiger partial charge on any atom is -0.403 e. The highest BCUT2D eigenvalue weighted by atomic mass is 19.4. The van der Waals surface area contributed by atoms with E-state index in [-0.39, 0.29) is 11.5 Å². The molecule has 0 bridgehead atoms. The third kappa shape index (κ3) is 3.89. The Balaban J connectivity index is 2.94. The SMILES string of the molecule is CC(C)C(O)c1ccc(OC(F)(F)F)c(F)c1. The number of aliphatic hydroxyl groups excluding tert-OH is 1. The summed E-state index contributed by atoms with van der Waals surface area (Å²) in [7, 11) is 0. The van der Waals surface area contributed by atoms with Crippen molar-refractivity contribution in [2.45, 2.75) is 26.3 Å². The van der Waals surface area contributed by atoms with Crippen LogP contribution in [-0.2, 0) is 0 Å². The second-order valence-electron chi connectivity index (χ2n) is 3.93. The third-order valence-electron chi connectivity index (χ3n) is 2.15. The molecule has 1 rings (SSSR count). The van der Waals surface area contributed by atoms with Crippen LogP contribution in [0.5, 0.6) is 5.75 Å². The van der Waals surface area contributed by atoms with Crippen molar-refractivity contribution in [2.75, 3.05) is 0 Å². The molecule has 17 heavy (non-hydrogen) atoms. The van der Waals surface area contributed by atoms with E-state index in [1.165, 1.54) is 6.07 Å². The molecule has 0 spiro atoms. The van der Waals surface area contributed by atoms with E-state index in [2.05, 4.69) is 4.74 Å². The van der Waals surface area contributed by atoms with Crippen LogP contribution in [-0.4, -0.2) is 11.5 Å².